The molecule has 1 aromatic carbocycles. The van der Waals surface area contributed by atoms with Crippen LogP contribution in [-0.2, 0) is 7.05 Å². The lowest BCUT2D eigenvalue weighted by molar-refractivity contribution is 0.234. The number of nitrogens with zero attached hydrogens (tertiary/aromatic N) is 3. The van der Waals surface area contributed by atoms with Crippen LogP contribution in [0.3, 0.4) is 0 Å². The molecule has 6 heteroatoms. The van der Waals surface area contributed by atoms with Gasteiger partial charge in [-0.1, -0.05) is 12.1 Å². The molecule has 2 fully saturated rings. The summed E-state index contributed by atoms with van der Waals surface area (Å²) in [6.45, 7) is 1.93. The largest absolute Gasteiger partial charge is 0.275 e. The molecular formula is C19H22FN5. The van der Waals surface area contributed by atoms with Gasteiger partial charge in [0.15, 0.2) is 0 Å². The van der Waals surface area contributed by atoms with Crippen LogP contribution < -0.4 is 10.9 Å². The molecule has 5 nitrogen and oxygen atoms in total. The Labute approximate surface area is 146 Å². The van der Waals surface area contributed by atoms with Crippen LogP contribution in [0.2, 0.25) is 0 Å². The van der Waals surface area contributed by atoms with E-state index in [9.17, 15) is 9.65 Å². The molecule has 0 amide bonds. The van der Waals surface area contributed by atoms with Gasteiger partial charge in [-0.15, -0.1) is 0 Å². The van der Waals surface area contributed by atoms with Crippen molar-refractivity contribution >= 4 is 0 Å². The van der Waals surface area contributed by atoms with Crippen molar-refractivity contribution in [2.75, 3.05) is 0 Å². The van der Waals surface area contributed by atoms with Crippen LogP contribution in [0.5, 0.6) is 0 Å². The first-order chi connectivity index (χ1) is 12.1. The fraction of sp³-hybridized carbons (Fsp3) is 0.474. The number of benzene rings is 1. The van der Waals surface area contributed by atoms with Gasteiger partial charge in [-0.05, 0) is 42.9 Å². The number of aryl methyl sites for hydroxylation is 2. The lowest BCUT2D eigenvalue weighted by Crippen LogP contribution is -2.39. The average molecular weight is 339 g/mol. The normalized spacial score (nSPS) is 31.5. The number of aromatic nitrogens is 2. The first-order valence-electron chi connectivity index (χ1n) is 8.72. The van der Waals surface area contributed by atoms with Gasteiger partial charge in [0.2, 0.25) is 0 Å². The molecule has 130 valence electrons. The number of rotatable bonds is 2. The monoisotopic (exact) mass is 339 g/mol. The summed E-state index contributed by atoms with van der Waals surface area (Å²) < 4.78 is 16.4. The summed E-state index contributed by atoms with van der Waals surface area (Å²) in [7, 11) is 1.90. The standard InChI is InChI=1S/C19H22FN5/c1-11-4-3-5-16(20)18(11)14-7-15-17(6-12(14)8-21)23-24-19(15)13-9-22-25(2)10-13/h3-5,9-10,12,14-15,17,19,23-24H,6-7H2,1-2H3. The van der Waals surface area contributed by atoms with E-state index in [0.717, 1.165) is 24.0 Å². The van der Waals surface area contributed by atoms with Gasteiger partial charge >= 0.3 is 0 Å². The summed E-state index contributed by atoms with van der Waals surface area (Å²) in [5, 5.41) is 13.9. The maximum Gasteiger partial charge on any atom is 0.126 e. The fourth-order valence-corrected chi connectivity index (χ4v) is 4.58. The number of nitriles is 1. The molecule has 1 aliphatic heterocycles. The first-order valence-corrected chi connectivity index (χ1v) is 8.72. The molecule has 2 aromatic rings. The van der Waals surface area contributed by atoms with Gasteiger partial charge < -0.3 is 0 Å². The summed E-state index contributed by atoms with van der Waals surface area (Å²) in [5.74, 6) is -0.148. The van der Waals surface area contributed by atoms with E-state index in [4.69, 9.17) is 0 Å². The quantitative estimate of drug-likeness (QED) is 0.883. The van der Waals surface area contributed by atoms with Crippen LogP contribution in [0.1, 0.15) is 41.5 Å². The Hall–Kier alpha value is -2.23. The maximum atomic E-state index is 14.6. The van der Waals surface area contributed by atoms with Crippen molar-refractivity contribution in [1.29, 1.82) is 5.26 Å². The highest BCUT2D eigenvalue weighted by atomic mass is 19.1. The first kappa shape index (κ1) is 16.2. The van der Waals surface area contributed by atoms with Crippen molar-refractivity contribution in [2.45, 2.75) is 37.8 Å². The topological polar surface area (TPSA) is 65.7 Å². The molecule has 5 unspecified atom stereocenters. The molecule has 2 heterocycles. The number of hydrogen-bond acceptors (Lipinski definition) is 4. The minimum absolute atomic E-state index is 0.0756. The van der Waals surface area contributed by atoms with Crippen molar-refractivity contribution < 1.29 is 4.39 Å². The van der Waals surface area contributed by atoms with Gasteiger partial charge in [0.1, 0.15) is 5.82 Å². The molecule has 5 atom stereocenters. The summed E-state index contributed by atoms with van der Waals surface area (Å²) >= 11 is 0. The second kappa shape index (κ2) is 6.25. The van der Waals surface area contributed by atoms with Crippen molar-refractivity contribution in [3.8, 4) is 6.07 Å². The Bertz CT molecular complexity index is 803. The predicted octanol–water partition coefficient (Wildman–Crippen LogP) is 2.72. The lowest BCUT2D eigenvalue weighted by Gasteiger charge is -2.37. The van der Waals surface area contributed by atoms with Gasteiger partial charge in [0.05, 0.1) is 24.2 Å². The maximum absolute atomic E-state index is 14.6. The van der Waals surface area contributed by atoms with Gasteiger partial charge in [-0.25, -0.2) is 9.82 Å². The van der Waals surface area contributed by atoms with E-state index in [-0.39, 0.29) is 29.7 Å². The third-order valence-electron chi connectivity index (χ3n) is 5.78. The van der Waals surface area contributed by atoms with E-state index in [2.05, 4.69) is 22.0 Å². The van der Waals surface area contributed by atoms with Crippen molar-refractivity contribution in [3.05, 3.63) is 53.1 Å². The Balaban J connectivity index is 1.68. The Morgan fingerprint density at radius 3 is 2.84 bits per heavy atom. The highest BCUT2D eigenvalue weighted by molar-refractivity contribution is 5.34. The number of halogens is 1. The van der Waals surface area contributed by atoms with E-state index >= 15 is 0 Å². The summed E-state index contributed by atoms with van der Waals surface area (Å²) in [6, 6.07) is 7.95. The highest BCUT2D eigenvalue weighted by Crippen LogP contribution is 2.47. The Morgan fingerprint density at radius 1 is 1.32 bits per heavy atom. The molecule has 25 heavy (non-hydrogen) atoms. The lowest BCUT2D eigenvalue weighted by atomic mass is 9.67. The number of hydrazine groups is 1. The third-order valence-corrected chi connectivity index (χ3v) is 5.78. The minimum Gasteiger partial charge on any atom is -0.275 e. The van der Waals surface area contributed by atoms with Gasteiger partial charge in [0.25, 0.3) is 0 Å². The Kier molecular flexibility index (Phi) is 4.06. The van der Waals surface area contributed by atoms with Crippen LogP contribution >= 0.6 is 0 Å². The predicted molar refractivity (Wildman–Crippen MR) is 91.7 cm³/mol. The molecule has 4 rings (SSSR count). The number of hydrogen-bond donors (Lipinski definition) is 2. The van der Waals surface area contributed by atoms with E-state index in [1.165, 1.54) is 6.07 Å². The van der Waals surface area contributed by atoms with E-state index in [1.807, 2.05) is 32.4 Å². The molecule has 2 N–H and O–H groups in total. The molecular weight excluding hydrogens is 317 g/mol. The van der Waals surface area contributed by atoms with E-state index in [1.54, 1.807) is 10.7 Å². The van der Waals surface area contributed by atoms with Crippen LogP contribution in [0.25, 0.3) is 0 Å². The zero-order valence-corrected chi connectivity index (χ0v) is 14.4. The Morgan fingerprint density at radius 2 is 2.16 bits per heavy atom. The second-order valence-electron chi connectivity index (χ2n) is 7.27. The molecule has 2 aliphatic rings. The minimum atomic E-state index is -0.194. The van der Waals surface area contributed by atoms with Crippen molar-refractivity contribution in [2.24, 2.45) is 18.9 Å². The van der Waals surface area contributed by atoms with Gasteiger partial charge in [-0.2, -0.15) is 10.4 Å². The van der Waals surface area contributed by atoms with Crippen molar-refractivity contribution in [1.82, 2.24) is 20.6 Å². The van der Waals surface area contributed by atoms with E-state index in [0.29, 0.717) is 11.5 Å². The number of fused-ring (bicyclic) bond motifs is 1. The molecule has 0 bridgehead atoms. The highest BCUT2D eigenvalue weighted by Gasteiger charge is 2.46. The molecule has 1 saturated carbocycles. The summed E-state index contributed by atoms with van der Waals surface area (Å²) in [5.41, 5.74) is 9.49. The van der Waals surface area contributed by atoms with Crippen LogP contribution in [0.4, 0.5) is 4.39 Å². The SMILES string of the molecule is Cc1cccc(F)c1C1CC2C(CC1C#N)NNC2c1cnn(C)c1. The zero-order chi connectivity index (χ0) is 17.6. The van der Waals surface area contributed by atoms with E-state index < -0.39 is 0 Å². The second-order valence-corrected chi connectivity index (χ2v) is 7.27. The van der Waals surface area contributed by atoms with Gasteiger partial charge in [0, 0.05) is 30.8 Å². The van der Waals surface area contributed by atoms with Crippen LogP contribution in [0.15, 0.2) is 30.6 Å². The molecule has 1 saturated heterocycles. The smallest absolute Gasteiger partial charge is 0.126 e. The zero-order valence-electron chi connectivity index (χ0n) is 14.4. The molecule has 1 aromatic heterocycles. The summed E-state index contributed by atoms with van der Waals surface area (Å²) in [6.07, 6.45) is 5.40. The fourth-order valence-electron chi connectivity index (χ4n) is 4.58. The summed E-state index contributed by atoms with van der Waals surface area (Å²) in [4.78, 5) is 0. The molecule has 1 aliphatic carbocycles. The average Bonchev–Trinajstić information content (AvgIpc) is 3.19. The van der Waals surface area contributed by atoms with Crippen LogP contribution in [-0.4, -0.2) is 15.8 Å². The number of nitrogens with one attached hydrogen (secondary N) is 2. The van der Waals surface area contributed by atoms with Gasteiger partial charge in [-0.3, -0.25) is 10.1 Å². The molecule has 0 radical (unpaired) electrons. The van der Waals surface area contributed by atoms with Crippen LogP contribution in [0, 0.1) is 35.9 Å². The third kappa shape index (κ3) is 2.74. The van der Waals surface area contributed by atoms with Crippen molar-refractivity contribution in [3.63, 3.8) is 0 Å². The molecule has 0 spiro atoms.